The van der Waals surface area contributed by atoms with Crippen molar-refractivity contribution in [2.24, 2.45) is 5.92 Å². The van der Waals surface area contributed by atoms with Crippen LogP contribution in [0.3, 0.4) is 0 Å². The zero-order valence-corrected chi connectivity index (χ0v) is 19.4. The van der Waals surface area contributed by atoms with E-state index in [2.05, 4.69) is 33.2 Å². The van der Waals surface area contributed by atoms with Gasteiger partial charge in [-0.1, -0.05) is 38.0 Å². The predicted molar refractivity (Wildman–Crippen MR) is 125 cm³/mol. The molecule has 1 fully saturated rings. The largest absolute Gasteiger partial charge is 0.401 e. The van der Waals surface area contributed by atoms with Gasteiger partial charge in [-0.2, -0.15) is 18.2 Å². The number of ketones is 1. The van der Waals surface area contributed by atoms with E-state index < -0.39 is 12.7 Å². The summed E-state index contributed by atoms with van der Waals surface area (Å²) in [4.78, 5) is 23.9. The number of rotatable bonds is 10. The van der Waals surface area contributed by atoms with Crippen molar-refractivity contribution in [3.05, 3.63) is 41.9 Å². The highest BCUT2D eigenvalue weighted by molar-refractivity contribution is 5.93. The normalized spacial score (nSPS) is 16.3. The number of unbranched alkanes of at least 4 members (excludes halogenated alkanes) is 1. The topological polar surface area (TPSA) is 80.9 Å². The number of piperazine rings is 1. The van der Waals surface area contributed by atoms with Crippen LogP contribution in [0.4, 0.5) is 19.1 Å². The summed E-state index contributed by atoms with van der Waals surface area (Å²) in [5.74, 6) is 0.686. The lowest BCUT2D eigenvalue weighted by Crippen LogP contribution is -2.49. The Morgan fingerprint density at radius 3 is 2.68 bits per heavy atom. The van der Waals surface area contributed by atoms with Gasteiger partial charge in [0.25, 0.3) is 0 Å². The second-order valence-electron chi connectivity index (χ2n) is 9.06. The molecule has 34 heavy (non-hydrogen) atoms. The van der Waals surface area contributed by atoms with E-state index in [1.165, 1.54) is 15.8 Å². The number of Topliss-reactive ketones (excluding diaryl/α,β-unsaturated/α-hetero) is 1. The van der Waals surface area contributed by atoms with Crippen molar-refractivity contribution < 1.29 is 18.0 Å². The number of hydrogen-bond donors (Lipinski definition) is 2. The summed E-state index contributed by atoms with van der Waals surface area (Å²) in [6.07, 6.45) is 2.05. The van der Waals surface area contributed by atoms with Crippen LogP contribution >= 0.6 is 0 Å². The van der Waals surface area contributed by atoms with Gasteiger partial charge in [0.15, 0.2) is 11.6 Å². The third-order valence-electron chi connectivity index (χ3n) is 6.42. The summed E-state index contributed by atoms with van der Waals surface area (Å²) in [5.41, 5.74) is 2.30. The summed E-state index contributed by atoms with van der Waals surface area (Å²) in [6, 6.07) is 8.16. The Balaban J connectivity index is 1.37. The first-order chi connectivity index (χ1) is 16.3. The number of H-pyrrole nitrogens is 2. The number of hydrogen-bond acceptors (Lipinski definition) is 5. The van der Waals surface area contributed by atoms with Gasteiger partial charge in [0.05, 0.1) is 6.54 Å². The number of carbonyl (C=O) groups excluding carboxylic acids is 1. The maximum absolute atomic E-state index is 13.0. The van der Waals surface area contributed by atoms with Crippen LogP contribution < -0.4 is 4.90 Å². The molecule has 0 amide bonds. The molecule has 2 aromatic heterocycles. The second kappa shape index (κ2) is 10.6. The van der Waals surface area contributed by atoms with Crippen LogP contribution in [-0.2, 0) is 6.42 Å². The van der Waals surface area contributed by atoms with Crippen molar-refractivity contribution in [3.8, 4) is 0 Å². The first-order valence-electron chi connectivity index (χ1n) is 11.9. The van der Waals surface area contributed by atoms with E-state index >= 15 is 0 Å². The van der Waals surface area contributed by atoms with Gasteiger partial charge in [-0.3, -0.25) is 14.8 Å². The van der Waals surface area contributed by atoms with Crippen molar-refractivity contribution in [1.29, 1.82) is 0 Å². The Kier molecular flexibility index (Phi) is 7.55. The van der Waals surface area contributed by atoms with Crippen LogP contribution in [0.5, 0.6) is 0 Å². The molecule has 0 saturated carbocycles. The summed E-state index contributed by atoms with van der Waals surface area (Å²) in [6.45, 7) is 2.57. The van der Waals surface area contributed by atoms with Crippen LogP contribution in [0.15, 0.2) is 30.5 Å². The Hall–Kier alpha value is -2.88. The summed E-state index contributed by atoms with van der Waals surface area (Å²) < 4.78 is 37.8. The first-order valence-corrected chi connectivity index (χ1v) is 11.9. The maximum Gasteiger partial charge on any atom is 0.401 e. The molecule has 1 aromatic carbocycles. The van der Waals surface area contributed by atoms with Gasteiger partial charge < -0.3 is 9.88 Å². The first kappa shape index (κ1) is 24.3. The fourth-order valence-electron chi connectivity index (χ4n) is 4.62. The maximum atomic E-state index is 13.0. The molecule has 1 aliphatic rings. The number of halogens is 3. The van der Waals surface area contributed by atoms with E-state index in [0.29, 0.717) is 25.5 Å². The van der Waals surface area contributed by atoms with Crippen molar-refractivity contribution in [2.75, 3.05) is 37.6 Å². The molecule has 0 bridgehead atoms. The zero-order valence-electron chi connectivity index (χ0n) is 19.4. The third kappa shape index (κ3) is 6.16. The predicted octanol–water partition coefficient (Wildman–Crippen LogP) is 4.59. The molecule has 3 heterocycles. The molecule has 2 N–H and O–H groups in total. The number of para-hydroxylation sites is 1. The standard InChI is InChI=1S/C24H31F3N6O/c1-2-3-6-17(13-18-15-28-20-8-5-4-7-19(18)20)14-21(34)22-29-23(31-30-22)33-11-9-32(10-12-33)16-24(25,26)27/h4-5,7-8,15,17,28H,2-3,6,9-14,16H2,1H3,(H,29,30,31). The smallest absolute Gasteiger partial charge is 0.361 e. The SMILES string of the molecule is CCCCC(CC(=O)c1nc(N2CCN(CC(F)(F)F)CC2)n[nH]1)Cc1c[nH]c2ccccc12. The van der Waals surface area contributed by atoms with Gasteiger partial charge in [-0.05, 0) is 30.4 Å². The molecule has 4 rings (SSSR count). The number of fused-ring (bicyclic) bond motifs is 1. The van der Waals surface area contributed by atoms with Crippen LogP contribution in [-0.4, -0.2) is 69.7 Å². The molecule has 1 unspecified atom stereocenters. The Bertz CT molecular complexity index is 1080. The van der Waals surface area contributed by atoms with E-state index in [1.54, 1.807) is 0 Å². The molecule has 0 radical (unpaired) electrons. The average Bonchev–Trinajstić information content (AvgIpc) is 3.45. The van der Waals surface area contributed by atoms with E-state index in [4.69, 9.17) is 0 Å². The summed E-state index contributed by atoms with van der Waals surface area (Å²) in [7, 11) is 0. The quantitative estimate of drug-likeness (QED) is 0.418. The fourth-order valence-corrected chi connectivity index (χ4v) is 4.62. The van der Waals surface area contributed by atoms with Crippen LogP contribution in [0.1, 0.15) is 48.8 Å². The van der Waals surface area contributed by atoms with Crippen LogP contribution in [0.2, 0.25) is 0 Å². The van der Waals surface area contributed by atoms with E-state index in [1.807, 2.05) is 29.3 Å². The molecule has 10 heteroatoms. The van der Waals surface area contributed by atoms with E-state index in [0.717, 1.165) is 31.2 Å². The lowest BCUT2D eigenvalue weighted by Gasteiger charge is -2.34. The molecule has 1 atom stereocenters. The van der Waals surface area contributed by atoms with Gasteiger partial charge in [0.2, 0.25) is 5.95 Å². The molecule has 1 aliphatic heterocycles. The summed E-state index contributed by atoms with van der Waals surface area (Å²) in [5, 5.41) is 8.10. The minimum absolute atomic E-state index is 0.0876. The average molecular weight is 477 g/mol. The van der Waals surface area contributed by atoms with Crippen molar-refractivity contribution in [3.63, 3.8) is 0 Å². The van der Waals surface area contributed by atoms with Gasteiger partial charge in [0, 0.05) is 49.7 Å². The highest BCUT2D eigenvalue weighted by Gasteiger charge is 2.32. The highest BCUT2D eigenvalue weighted by Crippen LogP contribution is 2.26. The molecule has 3 aromatic rings. The number of alkyl halides is 3. The molecular weight excluding hydrogens is 445 g/mol. The lowest BCUT2D eigenvalue weighted by atomic mass is 9.89. The minimum atomic E-state index is -4.20. The van der Waals surface area contributed by atoms with Crippen molar-refractivity contribution in [1.82, 2.24) is 25.1 Å². The molecular formula is C24H31F3N6O. The van der Waals surface area contributed by atoms with Gasteiger partial charge in [-0.25, -0.2) is 0 Å². The van der Waals surface area contributed by atoms with Crippen molar-refractivity contribution >= 4 is 22.6 Å². The summed E-state index contributed by atoms with van der Waals surface area (Å²) >= 11 is 0. The highest BCUT2D eigenvalue weighted by atomic mass is 19.4. The number of benzene rings is 1. The van der Waals surface area contributed by atoms with E-state index in [-0.39, 0.29) is 30.6 Å². The monoisotopic (exact) mass is 476 g/mol. The third-order valence-corrected chi connectivity index (χ3v) is 6.42. The minimum Gasteiger partial charge on any atom is -0.361 e. The molecule has 7 nitrogen and oxygen atoms in total. The second-order valence-corrected chi connectivity index (χ2v) is 9.06. The van der Waals surface area contributed by atoms with Gasteiger partial charge >= 0.3 is 6.18 Å². The van der Waals surface area contributed by atoms with Crippen LogP contribution in [0.25, 0.3) is 10.9 Å². The molecule has 0 aliphatic carbocycles. The number of nitrogens with zero attached hydrogens (tertiary/aromatic N) is 4. The Morgan fingerprint density at radius 1 is 1.18 bits per heavy atom. The molecule has 0 spiro atoms. The zero-order chi connectivity index (χ0) is 24.1. The lowest BCUT2D eigenvalue weighted by molar-refractivity contribution is -0.146. The van der Waals surface area contributed by atoms with Crippen molar-refractivity contribution in [2.45, 2.75) is 45.2 Å². The molecule has 1 saturated heterocycles. The van der Waals surface area contributed by atoms with Crippen LogP contribution in [0, 0.1) is 5.92 Å². The number of aromatic amines is 2. The Morgan fingerprint density at radius 2 is 1.94 bits per heavy atom. The number of nitrogens with one attached hydrogen (secondary N) is 2. The molecule has 184 valence electrons. The number of anilines is 1. The fraction of sp³-hybridized carbons (Fsp3) is 0.542. The van der Waals surface area contributed by atoms with Gasteiger partial charge in [-0.15, -0.1) is 5.10 Å². The number of carbonyl (C=O) groups is 1. The number of aromatic nitrogens is 4. The van der Waals surface area contributed by atoms with E-state index in [9.17, 15) is 18.0 Å². The van der Waals surface area contributed by atoms with Gasteiger partial charge in [0.1, 0.15) is 0 Å². The Labute approximate surface area is 196 Å².